The second-order valence-corrected chi connectivity index (χ2v) is 12.0. The number of hydrogen-bond acceptors (Lipinski definition) is 8. The van der Waals surface area contributed by atoms with Crippen LogP contribution in [0.25, 0.3) is 0 Å². The van der Waals surface area contributed by atoms with E-state index in [2.05, 4.69) is 15.2 Å². The molecule has 13 heteroatoms. The normalized spacial score (nSPS) is 17.6. The van der Waals surface area contributed by atoms with Gasteiger partial charge < -0.3 is 29.9 Å². The van der Waals surface area contributed by atoms with E-state index in [4.69, 9.17) is 19.3 Å². The van der Waals surface area contributed by atoms with Crippen molar-refractivity contribution < 1.29 is 47.5 Å². The van der Waals surface area contributed by atoms with Crippen LogP contribution < -0.4 is 10.6 Å². The predicted molar refractivity (Wildman–Crippen MR) is 150 cm³/mol. The molecule has 234 valence electrons. The molecule has 41 heavy (non-hydrogen) atoms. The van der Waals surface area contributed by atoms with Crippen molar-refractivity contribution in [3.63, 3.8) is 0 Å². The summed E-state index contributed by atoms with van der Waals surface area (Å²) in [5, 5.41) is 5.27. The number of carbonyl (C=O) groups excluding carboxylic acids is 4. The number of nitrogens with one attached hydrogen (secondary N) is 2. The zero-order valence-corrected chi connectivity index (χ0v) is 24.8. The molecule has 12 nitrogen and oxygen atoms in total. The Hall–Kier alpha value is -2.27. The van der Waals surface area contributed by atoms with Gasteiger partial charge in [-0.3, -0.25) is 18.9 Å². The quantitative estimate of drug-likeness (QED) is 0.0782. The number of phosphoric acid groups is 1. The molecule has 2 amide bonds. The predicted octanol–water partition coefficient (Wildman–Crippen LogP) is 3.74. The van der Waals surface area contributed by atoms with Gasteiger partial charge in [0, 0.05) is 25.1 Å². The molecule has 2 rings (SSSR count). The van der Waals surface area contributed by atoms with Crippen molar-refractivity contribution in [2.24, 2.45) is 0 Å². The summed E-state index contributed by atoms with van der Waals surface area (Å²) < 4.78 is 26.2. The maximum atomic E-state index is 12.9. The summed E-state index contributed by atoms with van der Waals surface area (Å²) in [5.41, 5.74) is 0. The minimum absolute atomic E-state index is 0.00240. The topological polar surface area (TPSA) is 178 Å². The molecule has 0 aromatic rings. The van der Waals surface area contributed by atoms with E-state index < -0.39 is 37.6 Å². The Morgan fingerprint density at radius 2 is 1.34 bits per heavy atom. The fourth-order valence-corrected chi connectivity index (χ4v) is 5.32. The Balaban J connectivity index is 1.72. The van der Waals surface area contributed by atoms with Gasteiger partial charge in [-0.25, -0.2) is 9.36 Å². The Morgan fingerprint density at radius 1 is 0.780 bits per heavy atom. The molecule has 0 bridgehead atoms. The van der Waals surface area contributed by atoms with Crippen molar-refractivity contribution >= 4 is 31.6 Å². The molecule has 0 aliphatic heterocycles. The first kappa shape index (κ1) is 34.9. The lowest BCUT2D eigenvalue weighted by Gasteiger charge is -2.25. The lowest BCUT2D eigenvalue weighted by molar-refractivity contribution is -0.155. The third-order valence-corrected chi connectivity index (χ3v) is 7.71. The van der Waals surface area contributed by atoms with Crippen molar-refractivity contribution in [2.45, 2.75) is 127 Å². The van der Waals surface area contributed by atoms with Crippen LogP contribution in [0.1, 0.15) is 109 Å². The first-order valence-electron chi connectivity index (χ1n) is 15.0. The number of rotatable bonds is 18. The van der Waals surface area contributed by atoms with Crippen LogP contribution >= 0.6 is 7.82 Å². The molecule has 0 spiro atoms. The van der Waals surface area contributed by atoms with Gasteiger partial charge >= 0.3 is 19.8 Å². The van der Waals surface area contributed by atoms with Crippen LogP contribution in [0, 0.1) is 0 Å². The van der Waals surface area contributed by atoms with E-state index in [0.717, 1.165) is 95.6 Å². The van der Waals surface area contributed by atoms with E-state index in [0.29, 0.717) is 19.4 Å². The number of unbranched alkanes of at least 4 members (excludes halogenated alkanes) is 4. The number of ether oxygens (including phenoxy) is 2. The van der Waals surface area contributed by atoms with E-state index in [9.17, 15) is 23.7 Å². The average molecular weight is 603 g/mol. The highest BCUT2D eigenvalue weighted by molar-refractivity contribution is 7.46. The SMILES string of the molecule is O=C(/C=C/C(=O)N[C@@H](CCC(=O)OC1CCCCC1)C(=O)OC1CCCCC1)NCCCCCCCOP(=O)(O)O. The third-order valence-electron chi connectivity index (χ3n) is 7.19. The van der Waals surface area contributed by atoms with Crippen molar-refractivity contribution in [3.8, 4) is 0 Å². The van der Waals surface area contributed by atoms with Crippen molar-refractivity contribution in [2.75, 3.05) is 13.2 Å². The van der Waals surface area contributed by atoms with Gasteiger partial charge in [0.1, 0.15) is 18.2 Å². The van der Waals surface area contributed by atoms with Gasteiger partial charge in [-0.2, -0.15) is 0 Å². The van der Waals surface area contributed by atoms with Crippen molar-refractivity contribution in [1.29, 1.82) is 0 Å². The van der Waals surface area contributed by atoms with Crippen LogP contribution in [0.15, 0.2) is 12.2 Å². The minimum Gasteiger partial charge on any atom is -0.462 e. The zero-order valence-electron chi connectivity index (χ0n) is 23.9. The molecule has 0 radical (unpaired) electrons. The standard InChI is InChI=1S/C28H47N2O10P/c31-25(29-20-10-2-1-3-11-21-38-41(35,36)37)17-18-26(32)30-24(28(34)40-23-14-8-5-9-15-23)16-19-27(33)39-22-12-6-4-7-13-22/h17-18,22-24H,1-16,19-21H2,(H,29,31)(H,30,32)(H2,35,36,37)/b18-17+/t24-/m0/s1. The van der Waals surface area contributed by atoms with E-state index in [1.54, 1.807) is 0 Å². The van der Waals surface area contributed by atoms with Gasteiger partial charge in [-0.15, -0.1) is 0 Å². The Labute approximate surface area is 242 Å². The average Bonchev–Trinajstić information content (AvgIpc) is 2.93. The smallest absolute Gasteiger partial charge is 0.462 e. The molecule has 2 saturated carbocycles. The van der Waals surface area contributed by atoms with Crippen LogP contribution in [0.5, 0.6) is 0 Å². The molecule has 0 aromatic heterocycles. The minimum atomic E-state index is -4.42. The van der Waals surface area contributed by atoms with Crippen LogP contribution in [0.4, 0.5) is 0 Å². The maximum absolute atomic E-state index is 12.9. The largest absolute Gasteiger partial charge is 0.469 e. The van der Waals surface area contributed by atoms with Gasteiger partial charge in [0.2, 0.25) is 11.8 Å². The molecule has 0 unspecified atom stereocenters. The van der Waals surface area contributed by atoms with Crippen LogP contribution in [-0.2, 0) is 37.7 Å². The van der Waals surface area contributed by atoms with E-state index in [1.807, 2.05) is 0 Å². The van der Waals surface area contributed by atoms with E-state index in [-0.39, 0.29) is 31.7 Å². The Bertz CT molecular complexity index is 894. The Morgan fingerprint density at radius 3 is 1.98 bits per heavy atom. The highest BCUT2D eigenvalue weighted by Gasteiger charge is 2.27. The number of esters is 2. The lowest BCUT2D eigenvalue weighted by Crippen LogP contribution is -2.43. The molecule has 0 saturated heterocycles. The highest BCUT2D eigenvalue weighted by atomic mass is 31.2. The summed E-state index contributed by atoms with van der Waals surface area (Å²) in [6.45, 7) is 0.404. The summed E-state index contributed by atoms with van der Waals surface area (Å²) in [6, 6.07) is -1.02. The summed E-state index contributed by atoms with van der Waals surface area (Å²) in [4.78, 5) is 67.1. The number of carbonyl (C=O) groups is 4. The fraction of sp³-hybridized carbons (Fsp3) is 0.786. The first-order valence-corrected chi connectivity index (χ1v) is 16.5. The van der Waals surface area contributed by atoms with Crippen LogP contribution in [-0.4, -0.2) is 64.9 Å². The lowest BCUT2D eigenvalue weighted by atomic mass is 9.97. The summed E-state index contributed by atoms with van der Waals surface area (Å²) in [6.07, 6.45) is 15.0. The first-order chi connectivity index (χ1) is 19.6. The summed E-state index contributed by atoms with van der Waals surface area (Å²) in [7, 11) is -4.42. The zero-order chi connectivity index (χ0) is 29.9. The maximum Gasteiger partial charge on any atom is 0.469 e. The van der Waals surface area contributed by atoms with E-state index >= 15 is 0 Å². The number of amides is 2. The van der Waals surface area contributed by atoms with Crippen molar-refractivity contribution in [3.05, 3.63) is 12.2 Å². The van der Waals surface area contributed by atoms with Gasteiger partial charge in [0.15, 0.2) is 0 Å². The third kappa shape index (κ3) is 17.3. The van der Waals surface area contributed by atoms with Gasteiger partial charge in [-0.05, 0) is 70.6 Å². The van der Waals surface area contributed by atoms with Crippen LogP contribution in [0.3, 0.4) is 0 Å². The molecule has 2 aliphatic rings. The number of hydrogen-bond donors (Lipinski definition) is 4. The molecule has 4 N–H and O–H groups in total. The Kier molecular flexibility index (Phi) is 16.8. The molecular weight excluding hydrogens is 555 g/mol. The highest BCUT2D eigenvalue weighted by Crippen LogP contribution is 2.35. The molecule has 0 heterocycles. The van der Waals surface area contributed by atoms with Crippen molar-refractivity contribution in [1.82, 2.24) is 10.6 Å². The fourth-order valence-electron chi connectivity index (χ4n) is 4.95. The van der Waals surface area contributed by atoms with Gasteiger partial charge in [0.05, 0.1) is 6.61 Å². The van der Waals surface area contributed by atoms with E-state index in [1.165, 1.54) is 0 Å². The number of phosphoric ester groups is 1. The summed E-state index contributed by atoms with van der Waals surface area (Å²) >= 11 is 0. The second-order valence-electron chi connectivity index (χ2n) is 10.8. The molecule has 1 atom stereocenters. The van der Waals surface area contributed by atoms with Crippen LogP contribution in [0.2, 0.25) is 0 Å². The van der Waals surface area contributed by atoms with Gasteiger partial charge in [-0.1, -0.05) is 32.1 Å². The molecule has 2 aliphatic carbocycles. The summed E-state index contributed by atoms with van der Waals surface area (Å²) in [5.74, 6) is -2.07. The molecule has 0 aromatic carbocycles. The monoisotopic (exact) mass is 602 g/mol. The second kappa shape index (κ2) is 19.8. The molecular formula is C28H47N2O10P. The van der Waals surface area contributed by atoms with Gasteiger partial charge in [0.25, 0.3) is 0 Å². The molecule has 2 fully saturated rings.